The molecule has 1 amide bonds. The predicted octanol–water partition coefficient (Wildman–Crippen LogP) is 3.12. The highest BCUT2D eigenvalue weighted by Gasteiger charge is 2.29. The molecule has 1 unspecified atom stereocenters. The third kappa shape index (κ3) is 4.04. The van der Waals surface area contributed by atoms with Crippen molar-refractivity contribution in [3.05, 3.63) is 24.0 Å². The number of aliphatic hydroxyl groups excluding tert-OH is 1. The molecule has 1 saturated carbocycles. The normalized spacial score (nSPS) is 21.4. The maximum absolute atomic E-state index is 12.1. The highest BCUT2D eigenvalue weighted by molar-refractivity contribution is 5.91. The first-order chi connectivity index (χ1) is 9.50. The number of anilines is 1. The molecular weight excluding hydrogens is 252 g/mol. The fourth-order valence-electron chi connectivity index (χ4n) is 3.17. The number of aromatic nitrogens is 1. The molecule has 20 heavy (non-hydrogen) atoms. The average Bonchev–Trinajstić information content (AvgIpc) is 2.38. The van der Waals surface area contributed by atoms with Gasteiger partial charge in [0.05, 0.1) is 18.5 Å². The molecule has 4 heteroatoms. The zero-order valence-corrected chi connectivity index (χ0v) is 12.4. The monoisotopic (exact) mass is 276 g/mol. The molecule has 0 saturated heterocycles. The maximum Gasteiger partial charge on any atom is 0.224 e. The van der Waals surface area contributed by atoms with E-state index in [0.29, 0.717) is 29.0 Å². The maximum atomic E-state index is 12.1. The van der Waals surface area contributed by atoms with Gasteiger partial charge in [0, 0.05) is 18.2 Å². The van der Waals surface area contributed by atoms with E-state index < -0.39 is 0 Å². The minimum absolute atomic E-state index is 0.0235. The van der Waals surface area contributed by atoms with Crippen LogP contribution in [0.15, 0.2) is 18.5 Å². The lowest BCUT2D eigenvalue weighted by Crippen LogP contribution is -2.26. The molecule has 1 heterocycles. The molecule has 0 aliphatic heterocycles. The number of nitrogens with zero attached hydrogens (tertiary/aromatic N) is 1. The number of rotatable bonds is 4. The number of hydrogen-bond acceptors (Lipinski definition) is 3. The van der Waals surface area contributed by atoms with Gasteiger partial charge in [-0.1, -0.05) is 20.3 Å². The third-order valence-corrected chi connectivity index (χ3v) is 4.14. The van der Waals surface area contributed by atoms with Gasteiger partial charge in [0.2, 0.25) is 5.91 Å². The van der Waals surface area contributed by atoms with Crippen LogP contribution in [0.4, 0.5) is 5.69 Å². The largest absolute Gasteiger partial charge is 0.392 e. The fraction of sp³-hybridized carbons (Fsp3) is 0.625. The van der Waals surface area contributed by atoms with Crippen molar-refractivity contribution in [3.63, 3.8) is 0 Å². The Morgan fingerprint density at radius 2 is 2.35 bits per heavy atom. The average molecular weight is 276 g/mol. The zero-order chi connectivity index (χ0) is 14.6. The quantitative estimate of drug-likeness (QED) is 0.888. The Labute approximate surface area is 120 Å². The number of carbonyl (C=O) groups excluding carboxylic acids is 1. The summed E-state index contributed by atoms with van der Waals surface area (Å²) < 4.78 is 0. The molecule has 1 aromatic rings. The number of nitrogens with one attached hydrogen (secondary N) is 1. The molecule has 2 N–H and O–H groups in total. The molecule has 1 atom stereocenters. The topological polar surface area (TPSA) is 62.2 Å². The highest BCUT2D eigenvalue weighted by Crippen LogP contribution is 2.39. The van der Waals surface area contributed by atoms with Gasteiger partial charge in [0.1, 0.15) is 0 Å². The first-order valence-electron chi connectivity index (χ1n) is 7.34. The van der Waals surface area contributed by atoms with Gasteiger partial charge >= 0.3 is 0 Å². The van der Waals surface area contributed by atoms with Crippen molar-refractivity contribution in [2.24, 2.45) is 11.3 Å². The molecule has 1 aliphatic carbocycles. The van der Waals surface area contributed by atoms with E-state index in [4.69, 9.17) is 0 Å². The summed E-state index contributed by atoms with van der Waals surface area (Å²) in [6, 6.07) is 1.72. The number of carbonyl (C=O) groups is 1. The predicted molar refractivity (Wildman–Crippen MR) is 79.1 cm³/mol. The van der Waals surface area contributed by atoms with Gasteiger partial charge in [-0.2, -0.15) is 0 Å². The number of pyridine rings is 1. The summed E-state index contributed by atoms with van der Waals surface area (Å²) in [7, 11) is 0. The molecule has 0 aromatic carbocycles. The van der Waals surface area contributed by atoms with Crippen molar-refractivity contribution < 1.29 is 9.90 Å². The molecule has 1 aliphatic rings. The van der Waals surface area contributed by atoms with Crippen molar-refractivity contribution >= 4 is 11.6 Å². The van der Waals surface area contributed by atoms with E-state index in [1.165, 1.54) is 12.8 Å². The van der Waals surface area contributed by atoms with E-state index in [2.05, 4.69) is 24.1 Å². The van der Waals surface area contributed by atoms with Crippen LogP contribution in [-0.4, -0.2) is 16.0 Å². The Hall–Kier alpha value is -1.42. The molecular formula is C16H24N2O2. The lowest BCUT2D eigenvalue weighted by atomic mass is 9.71. The van der Waals surface area contributed by atoms with Crippen LogP contribution in [0.25, 0.3) is 0 Å². The standard InChI is InChI=1S/C16H24N2O2/c1-16(2)6-3-4-12(9-16)8-15(20)18-14-10-17-7-5-13(14)11-19/h5,7,10,12,19H,3-4,6,8-9,11H2,1-2H3,(H,18,20). The van der Waals surface area contributed by atoms with Gasteiger partial charge in [0.25, 0.3) is 0 Å². The molecule has 2 rings (SSSR count). The van der Waals surface area contributed by atoms with Gasteiger partial charge in [0.15, 0.2) is 0 Å². The summed E-state index contributed by atoms with van der Waals surface area (Å²) in [5.74, 6) is 0.489. The van der Waals surface area contributed by atoms with E-state index in [1.807, 2.05) is 0 Å². The summed E-state index contributed by atoms with van der Waals surface area (Å²) in [5, 5.41) is 12.1. The SMILES string of the molecule is CC1(C)CCCC(CC(=O)Nc2cnccc2CO)C1. The van der Waals surface area contributed by atoms with E-state index in [1.54, 1.807) is 18.5 Å². The molecule has 4 nitrogen and oxygen atoms in total. The highest BCUT2D eigenvalue weighted by atomic mass is 16.3. The van der Waals surface area contributed by atoms with Crippen molar-refractivity contribution in [1.29, 1.82) is 0 Å². The molecule has 1 fully saturated rings. The minimum Gasteiger partial charge on any atom is -0.392 e. The summed E-state index contributed by atoms with van der Waals surface area (Å²) in [4.78, 5) is 16.1. The van der Waals surface area contributed by atoms with Gasteiger partial charge in [-0.3, -0.25) is 9.78 Å². The van der Waals surface area contributed by atoms with Crippen molar-refractivity contribution in [3.8, 4) is 0 Å². The Morgan fingerprint density at radius 1 is 1.55 bits per heavy atom. The molecule has 0 spiro atoms. The molecule has 1 aromatic heterocycles. The number of hydrogen-bond donors (Lipinski definition) is 2. The minimum atomic E-state index is -0.0887. The van der Waals surface area contributed by atoms with Gasteiger partial charge in [-0.25, -0.2) is 0 Å². The number of aliphatic hydroxyl groups is 1. The first-order valence-corrected chi connectivity index (χ1v) is 7.34. The van der Waals surface area contributed by atoms with Crippen molar-refractivity contribution in [2.75, 3.05) is 5.32 Å². The van der Waals surface area contributed by atoms with E-state index in [-0.39, 0.29) is 12.5 Å². The fourth-order valence-corrected chi connectivity index (χ4v) is 3.17. The van der Waals surface area contributed by atoms with E-state index in [9.17, 15) is 9.90 Å². The Morgan fingerprint density at radius 3 is 3.05 bits per heavy atom. The van der Waals surface area contributed by atoms with Crippen LogP contribution in [-0.2, 0) is 11.4 Å². The smallest absolute Gasteiger partial charge is 0.224 e. The summed E-state index contributed by atoms with van der Waals surface area (Å²) in [6.07, 6.45) is 8.47. The first kappa shape index (κ1) is 15.0. The van der Waals surface area contributed by atoms with Crippen LogP contribution < -0.4 is 5.32 Å². The molecule has 0 radical (unpaired) electrons. The molecule has 0 bridgehead atoms. The van der Waals surface area contributed by atoms with Crippen LogP contribution in [0.2, 0.25) is 0 Å². The second-order valence-electron chi connectivity index (χ2n) is 6.57. The molecule has 110 valence electrons. The number of amides is 1. The van der Waals surface area contributed by atoms with Gasteiger partial charge in [-0.05, 0) is 36.7 Å². The second kappa shape index (κ2) is 6.35. The second-order valence-corrected chi connectivity index (χ2v) is 6.57. The Bertz CT molecular complexity index is 471. The summed E-state index contributed by atoms with van der Waals surface area (Å²) in [6.45, 7) is 4.47. The lowest BCUT2D eigenvalue weighted by Gasteiger charge is -2.34. The Balaban J connectivity index is 1.92. The van der Waals surface area contributed by atoms with E-state index in [0.717, 1.165) is 12.8 Å². The third-order valence-electron chi connectivity index (χ3n) is 4.14. The van der Waals surface area contributed by atoms with Crippen LogP contribution in [0, 0.1) is 11.3 Å². The van der Waals surface area contributed by atoms with Crippen LogP contribution in [0.1, 0.15) is 51.5 Å². The van der Waals surface area contributed by atoms with Crippen molar-refractivity contribution in [1.82, 2.24) is 4.98 Å². The van der Waals surface area contributed by atoms with Crippen LogP contribution in [0.5, 0.6) is 0 Å². The lowest BCUT2D eigenvalue weighted by molar-refractivity contribution is -0.117. The Kier molecular flexibility index (Phi) is 4.76. The summed E-state index contributed by atoms with van der Waals surface area (Å²) in [5.41, 5.74) is 1.68. The van der Waals surface area contributed by atoms with E-state index >= 15 is 0 Å². The summed E-state index contributed by atoms with van der Waals surface area (Å²) >= 11 is 0. The van der Waals surface area contributed by atoms with Crippen molar-refractivity contribution in [2.45, 2.75) is 52.6 Å². The van der Waals surface area contributed by atoms with Gasteiger partial charge < -0.3 is 10.4 Å². The van der Waals surface area contributed by atoms with Crippen LogP contribution >= 0.6 is 0 Å². The zero-order valence-electron chi connectivity index (χ0n) is 12.4. The van der Waals surface area contributed by atoms with Crippen LogP contribution in [0.3, 0.4) is 0 Å². The van der Waals surface area contributed by atoms with Gasteiger partial charge in [-0.15, -0.1) is 0 Å².